The number of hydrogen-bond donors (Lipinski definition) is 2. The van der Waals surface area contributed by atoms with Crippen LogP contribution in [0.5, 0.6) is 17.2 Å². The van der Waals surface area contributed by atoms with E-state index >= 15 is 0 Å². The lowest BCUT2D eigenvalue weighted by molar-refractivity contribution is -0.0983. The molecule has 0 amide bonds. The summed E-state index contributed by atoms with van der Waals surface area (Å²) in [5.41, 5.74) is -0.855. The zero-order valence-corrected chi connectivity index (χ0v) is 16.1. The van der Waals surface area contributed by atoms with Gasteiger partial charge < -0.3 is 29.0 Å². The van der Waals surface area contributed by atoms with Crippen LogP contribution < -0.4 is 19.7 Å². The van der Waals surface area contributed by atoms with Crippen LogP contribution in [0, 0.1) is 0 Å². The minimum Gasteiger partial charge on any atom is -0.489 e. The smallest absolute Gasteiger partial charge is 0.489 e. The molecule has 0 saturated carbocycles. The van der Waals surface area contributed by atoms with Gasteiger partial charge in [-0.1, -0.05) is 30.3 Å². The molecule has 2 aromatic rings. The van der Waals surface area contributed by atoms with Crippen molar-refractivity contribution < 1.29 is 29.0 Å². The van der Waals surface area contributed by atoms with E-state index in [1.54, 1.807) is 39.8 Å². The van der Waals surface area contributed by atoms with Gasteiger partial charge in [0.1, 0.15) is 12.4 Å². The van der Waals surface area contributed by atoms with E-state index in [0.29, 0.717) is 29.3 Å². The molecule has 2 aromatic carbocycles. The molecule has 1 aliphatic rings. The van der Waals surface area contributed by atoms with Crippen molar-refractivity contribution in [2.24, 2.45) is 0 Å². The minimum atomic E-state index is -1.37. The van der Waals surface area contributed by atoms with Crippen molar-refractivity contribution in [2.45, 2.75) is 45.5 Å². The maximum Gasteiger partial charge on any atom is 0.499 e. The Morgan fingerprint density at radius 1 is 1.04 bits per heavy atom. The second-order valence-corrected chi connectivity index (χ2v) is 7.52. The topological polar surface area (TPSA) is 77.4 Å². The lowest BCUT2D eigenvalue weighted by Crippen LogP contribution is -2.53. The Morgan fingerprint density at radius 3 is 2.41 bits per heavy atom. The van der Waals surface area contributed by atoms with Crippen LogP contribution in [0.2, 0.25) is 0 Å². The summed E-state index contributed by atoms with van der Waals surface area (Å²) in [5.74, 6) is 1.34. The molecule has 0 spiro atoms. The number of fused-ring (bicyclic) bond motifs is 1. The van der Waals surface area contributed by atoms with Crippen molar-refractivity contribution >= 4 is 12.6 Å². The fraction of sp³-hybridized carbons (Fsp3) is 0.400. The SMILES string of the molecule is CC(C)(O)C(C)(C)OB(O)c1c(OCc2ccccc2)ccc2c1OCO2. The van der Waals surface area contributed by atoms with E-state index in [1.165, 1.54) is 0 Å². The zero-order valence-electron chi connectivity index (χ0n) is 16.1. The second-order valence-electron chi connectivity index (χ2n) is 7.52. The molecule has 144 valence electrons. The van der Waals surface area contributed by atoms with Crippen LogP contribution in [0.4, 0.5) is 0 Å². The Morgan fingerprint density at radius 2 is 1.74 bits per heavy atom. The van der Waals surface area contributed by atoms with Crippen LogP contribution in [0.1, 0.15) is 33.3 Å². The first kappa shape index (κ1) is 19.5. The molecule has 3 rings (SSSR count). The van der Waals surface area contributed by atoms with Crippen molar-refractivity contribution in [3.05, 3.63) is 48.0 Å². The normalized spacial score (nSPS) is 13.6. The summed E-state index contributed by atoms with van der Waals surface area (Å²) in [6.07, 6.45) is 0. The van der Waals surface area contributed by atoms with Gasteiger partial charge in [-0.25, -0.2) is 0 Å². The third-order valence-electron chi connectivity index (χ3n) is 4.90. The Hall–Kier alpha value is -2.22. The maximum atomic E-state index is 10.8. The van der Waals surface area contributed by atoms with E-state index in [2.05, 4.69) is 0 Å². The molecule has 6 nitrogen and oxygen atoms in total. The molecule has 2 N–H and O–H groups in total. The summed E-state index contributed by atoms with van der Waals surface area (Å²) in [6.45, 7) is 7.06. The average Bonchev–Trinajstić information content (AvgIpc) is 3.07. The third kappa shape index (κ3) is 4.21. The molecule has 1 aliphatic heterocycles. The van der Waals surface area contributed by atoms with Gasteiger partial charge in [0.25, 0.3) is 0 Å². The predicted molar refractivity (Wildman–Crippen MR) is 102 cm³/mol. The average molecular weight is 372 g/mol. The maximum absolute atomic E-state index is 10.8. The highest BCUT2D eigenvalue weighted by atomic mass is 16.7. The van der Waals surface area contributed by atoms with Crippen LogP contribution in [-0.4, -0.2) is 35.2 Å². The largest absolute Gasteiger partial charge is 0.499 e. The molecule has 1 heterocycles. The van der Waals surface area contributed by atoms with E-state index in [-0.39, 0.29) is 6.79 Å². The number of hydrogen-bond acceptors (Lipinski definition) is 6. The van der Waals surface area contributed by atoms with Crippen molar-refractivity contribution in [1.29, 1.82) is 0 Å². The van der Waals surface area contributed by atoms with Gasteiger partial charge in [-0.2, -0.15) is 0 Å². The molecular formula is C20H25BO6. The molecular weight excluding hydrogens is 347 g/mol. The van der Waals surface area contributed by atoms with Crippen molar-refractivity contribution in [3.8, 4) is 17.2 Å². The first-order valence-electron chi connectivity index (χ1n) is 8.86. The van der Waals surface area contributed by atoms with Gasteiger partial charge >= 0.3 is 7.12 Å². The lowest BCUT2D eigenvalue weighted by atomic mass is 9.75. The highest BCUT2D eigenvalue weighted by molar-refractivity contribution is 6.62. The Labute approximate surface area is 159 Å². The Balaban J connectivity index is 1.89. The molecule has 0 unspecified atom stereocenters. The minimum absolute atomic E-state index is 0.0616. The van der Waals surface area contributed by atoms with Gasteiger partial charge in [0.15, 0.2) is 11.5 Å². The molecule has 0 aromatic heterocycles. The number of aliphatic hydroxyl groups is 1. The van der Waals surface area contributed by atoms with Crippen LogP contribution in [0.25, 0.3) is 0 Å². The monoisotopic (exact) mass is 372 g/mol. The van der Waals surface area contributed by atoms with Crippen LogP contribution in [0.15, 0.2) is 42.5 Å². The molecule has 0 bridgehead atoms. The first-order valence-corrected chi connectivity index (χ1v) is 8.86. The summed E-state index contributed by atoms with van der Waals surface area (Å²) in [6, 6.07) is 13.2. The van der Waals surface area contributed by atoms with Crippen LogP contribution >= 0.6 is 0 Å². The number of benzene rings is 2. The molecule has 7 heteroatoms. The van der Waals surface area contributed by atoms with E-state index in [1.807, 2.05) is 30.3 Å². The summed E-state index contributed by atoms with van der Waals surface area (Å²) < 4.78 is 22.7. The van der Waals surface area contributed by atoms with Crippen LogP contribution in [-0.2, 0) is 11.3 Å². The number of ether oxygens (including phenoxy) is 3. The summed E-state index contributed by atoms with van der Waals surface area (Å²) in [7, 11) is -1.37. The molecule has 0 aliphatic carbocycles. The third-order valence-corrected chi connectivity index (χ3v) is 4.90. The van der Waals surface area contributed by atoms with Gasteiger partial charge in [-0.3, -0.25) is 0 Å². The molecule has 0 fully saturated rings. The number of rotatable bonds is 7. The molecule has 0 atom stereocenters. The summed E-state index contributed by atoms with van der Waals surface area (Å²) in [5, 5.41) is 21.1. The fourth-order valence-electron chi connectivity index (χ4n) is 2.55. The highest BCUT2D eigenvalue weighted by Gasteiger charge is 2.42. The van der Waals surface area contributed by atoms with Crippen molar-refractivity contribution in [2.75, 3.05) is 6.79 Å². The lowest BCUT2D eigenvalue weighted by Gasteiger charge is -2.38. The van der Waals surface area contributed by atoms with Gasteiger partial charge in [0.2, 0.25) is 6.79 Å². The van der Waals surface area contributed by atoms with E-state index in [9.17, 15) is 10.1 Å². The summed E-state index contributed by atoms with van der Waals surface area (Å²) >= 11 is 0. The summed E-state index contributed by atoms with van der Waals surface area (Å²) in [4.78, 5) is 0. The Bertz CT molecular complexity index is 785. The Kier molecular flexibility index (Phi) is 5.37. The highest BCUT2D eigenvalue weighted by Crippen LogP contribution is 2.35. The first-order chi connectivity index (χ1) is 12.7. The van der Waals surface area contributed by atoms with Gasteiger partial charge in [0, 0.05) is 0 Å². The second kappa shape index (κ2) is 7.42. The van der Waals surface area contributed by atoms with E-state index in [4.69, 9.17) is 18.9 Å². The zero-order chi connectivity index (χ0) is 19.7. The van der Waals surface area contributed by atoms with Gasteiger partial charge in [-0.15, -0.1) is 0 Å². The quantitative estimate of drug-likeness (QED) is 0.726. The molecule has 0 saturated heterocycles. The van der Waals surface area contributed by atoms with Crippen molar-refractivity contribution in [1.82, 2.24) is 0 Å². The fourth-order valence-corrected chi connectivity index (χ4v) is 2.55. The molecule has 0 radical (unpaired) electrons. The standard InChI is InChI=1S/C20H25BO6/c1-19(2,22)20(3,4)27-21(23)17-15(10-11-16-18(17)26-13-25-16)24-12-14-8-6-5-7-9-14/h5-11,22-23H,12-13H2,1-4H3. The molecule has 27 heavy (non-hydrogen) atoms. The van der Waals surface area contributed by atoms with Gasteiger partial charge in [-0.05, 0) is 45.4 Å². The van der Waals surface area contributed by atoms with Gasteiger partial charge in [0.05, 0.1) is 16.7 Å². The van der Waals surface area contributed by atoms with E-state index in [0.717, 1.165) is 5.56 Å². The van der Waals surface area contributed by atoms with Crippen molar-refractivity contribution in [3.63, 3.8) is 0 Å². The van der Waals surface area contributed by atoms with Crippen LogP contribution in [0.3, 0.4) is 0 Å². The van der Waals surface area contributed by atoms with E-state index < -0.39 is 18.3 Å². The predicted octanol–water partition coefficient (Wildman–Crippen LogP) is 2.25.